The highest BCUT2D eigenvalue weighted by Crippen LogP contribution is 1.97. The molecule has 0 bridgehead atoms. The normalized spacial score (nSPS) is 27.4. The molecule has 0 aromatic carbocycles. The zero-order valence-electron chi connectivity index (χ0n) is 8.60. The van der Waals surface area contributed by atoms with Crippen molar-refractivity contribution in [2.45, 2.75) is 25.7 Å². The molecule has 1 aliphatic rings. The minimum absolute atomic E-state index is 1.02. The fourth-order valence-corrected chi connectivity index (χ4v) is 1.21. The first-order chi connectivity index (χ1) is 7.00. The quantitative estimate of drug-likeness (QED) is 0.494. The molecule has 14 heavy (non-hydrogen) atoms. The largest absolute Gasteiger partial charge is 0.0879 e. The monoisotopic (exact) mass is 186 g/mol. The van der Waals surface area contributed by atoms with Crippen LogP contribution in [0.15, 0.2) is 60.8 Å². The molecule has 0 aromatic heterocycles. The average molecular weight is 186 g/mol. The van der Waals surface area contributed by atoms with Gasteiger partial charge in [0.05, 0.1) is 0 Å². The smallest absolute Gasteiger partial charge is 0.0163 e. The van der Waals surface area contributed by atoms with Gasteiger partial charge in [0.2, 0.25) is 0 Å². The van der Waals surface area contributed by atoms with Crippen LogP contribution in [-0.4, -0.2) is 0 Å². The van der Waals surface area contributed by atoms with E-state index in [1.165, 1.54) is 0 Å². The van der Waals surface area contributed by atoms with Crippen molar-refractivity contribution in [1.82, 2.24) is 0 Å². The number of hydrogen-bond donors (Lipinski definition) is 0. The Hall–Kier alpha value is -1.30. The van der Waals surface area contributed by atoms with E-state index in [4.69, 9.17) is 0 Å². The minimum Gasteiger partial charge on any atom is -0.0879 e. The van der Waals surface area contributed by atoms with Gasteiger partial charge in [-0.1, -0.05) is 60.8 Å². The zero-order chi connectivity index (χ0) is 9.90. The standard InChI is InChI=1S/C14H18/c1-2-4-6-8-10-12-14-13-11-9-7-5-3-1/h1-4,7-11,13H,5-6,12,14H2/b3-1+,4-2?,9-7-,10-8-,13-11+. The third-order valence-electron chi connectivity index (χ3n) is 1.98. The third-order valence-corrected chi connectivity index (χ3v) is 1.98. The van der Waals surface area contributed by atoms with Crippen LogP contribution in [0, 0.1) is 0 Å². The molecule has 0 saturated carbocycles. The van der Waals surface area contributed by atoms with Crippen molar-refractivity contribution in [2.75, 3.05) is 0 Å². The molecule has 0 saturated heterocycles. The third kappa shape index (κ3) is 6.24. The van der Waals surface area contributed by atoms with Gasteiger partial charge in [0.1, 0.15) is 0 Å². The Morgan fingerprint density at radius 3 is 1.64 bits per heavy atom. The lowest BCUT2D eigenvalue weighted by Crippen LogP contribution is -1.66. The van der Waals surface area contributed by atoms with Crippen LogP contribution >= 0.6 is 0 Å². The zero-order valence-corrected chi connectivity index (χ0v) is 8.60. The second-order valence-corrected chi connectivity index (χ2v) is 3.23. The molecule has 0 aromatic rings. The Morgan fingerprint density at radius 1 is 0.429 bits per heavy atom. The maximum atomic E-state index is 2.24. The molecule has 0 heteroatoms. The Kier molecular flexibility index (Phi) is 6.39. The average Bonchev–Trinajstić information content (AvgIpc) is 2.22. The molecule has 0 aliphatic heterocycles. The summed E-state index contributed by atoms with van der Waals surface area (Å²) in [4.78, 5) is 0. The molecule has 0 unspecified atom stereocenters. The molecule has 0 nitrogen and oxygen atoms in total. The van der Waals surface area contributed by atoms with Gasteiger partial charge in [0.25, 0.3) is 0 Å². The van der Waals surface area contributed by atoms with Crippen molar-refractivity contribution in [3.05, 3.63) is 60.8 Å². The number of allylic oxidation sites excluding steroid dienone is 10. The highest BCUT2D eigenvalue weighted by molar-refractivity contribution is 5.10. The van der Waals surface area contributed by atoms with Crippen molar-refractivity contribution in [1.29, 1.82) is 0 Å². The summed E-state index contributed by atoms with van der Waals surface area (Å²) >= 11 is 0. The molecule has 1 rings (SSSR count). The van der Waals surface area contributed by atoms with Gasteiger partial charge < -0.3 is 0 Å². The van der Waals surface area contributed by atoms with Crippen LogP contribution in [0.5, 0.6) is 0 Å². The molecule has 0 amide bonds. The summed E-state index contributed by atoms with van der Waals surface area (Å²) in [6.45, 7) is 0. The van der Waals surface area contributed by atoms with Crippen LogP contribution in [0.1, 0.15) is 25.7 Å². The van der Waals surface area contributed by atoms with E-state index in [0.717, 1.165) is 25.7 Å². The van der Waals surface area contributed by atoms with Crippen molar-refractivity contribution in [2.24, 2.45) is 0 Å². The molecule has 1 aliphatic carbocycles. The van der Waals surface area contributed by atoms with Crippen molar-refractivity contribution in [3.63, 3.8) is 0 Å². The summed E-state index contributed by atoms with van der Waals surface area (Å²) < 4.78 is 0. The minimum atomic E-state index is 1.02. The van der Waals surface area contributed by atoms with E-state index in [1.54, 1.807) is 0 Å². The second kappa shape index (κ2) is 8.31. The van der Waals surface area contributed by atoms with E-state index in [2.05, 4.69) is 60.8 Å². The predicted octanol–water partition coefficient (Wildman–Crippen LogP) is 4.34. The van der Waals surface area contributed by atoms with Crippen molar-refractivity contribution < 1.29 is 0 Å². The van der Waals surface area contributed by atoms with E-state index in [-0.39, 0.29) is 0 Å². The fourth-order valence-electron chi connectivity index (χ4n) is 1.21. The molecule has 0 heterocycles. The van der Waals surface area contributed by atoms with Gasteiger partial charge in [-0.25, -0.2) is 0 Å². The molecular weight excluding hydrogens is 168 g/mol. The van der Waals surface area contributed by atoms with Gasteiger partial charge >= 0.3 is 0 Å². The Labute approximate surface area is 87.0 Å². The van der Waals surface area contributed by atoms with E-state index in [9.17, 15) is 0 Å². The van der Waals surface area contributed by atoms with E-state index in [1.807, 2.05) is 0 Å². The molecule has 0 atom stereocenters. The SMILES string of the molecule is C1=CC/C=C\CC/C=C/C=C\C/C=C/1. The molecule has 0 fully saturated rings. The van der Waals surface area contributed by atoms with E-state index < -0.39 is 0 Å². The lowest BCUT2D eigenvalue weighted by molar-refractivity contribution is 1.04. The first-order valence-corrected chi connectivity index (χ1v) is 5.28. The summed E-state index contributed by atoms with van der Waals surface area (Å²) in [6, 6.07) is 0. The van der Waals surface area contributed by atoms with Crippen LogP contribution in [0.2, 0.25) is 0 Å². The van der Waals surface area contributed by atoms with Gasteiger partial charge in [-0.2, -0.15) is 0 Å². The molecule has 0 spiro atoms. The topological polar surface area (TPSA) is 0 Å². The predicted molar refractivity (Wildman–Crippen MR) is 64.2 cm³/mol. The summed E-state index contributed by atoms with van der Waals surface area (Å²) in [5, 5.41) is 0. The Balaban J connectivity index is 2.45. The molecule has 0 N–H and O–H groups in total. The molecule has 74 valence electrons. The maximum absolute atomic E-state index is 2.24. The molecular formula is C14H18. The number of rotatable bonds is 0. The Bertz CT molecular complexity index is 262. The van der Waals surface area contributed by atoms with Crippen LogP contribution < -0.4 is 0 Å². The highest BCUT2D eigenvalue weighted by Gasteiger charge is 1.76. The maximum Gasteiger partial charge on any atom is -0.0163 e. The fraction of sp³-hybridized carbons (Fsp3) is 0.286. The van der Waals surface area contributed by atoms with Crippen LogP contribution in [0.4, 0.5) is 0 Å². The number of hydrogen-bond acceptors (Lipinski definition) is 0. The first kappa shape index (κ1) is 10.8. The lowest BCUT2D eigenvalue weighted by Gasteiger charge is -1.87. The van der Waals surface area contributed by atoms with Crippen LogP contribution in [0.3, 0.4) is 0 Å². The molecule has 0 radical (unpaired) electrons. The highest BCUT2D eigenvalue weighted by atomic mass is 13.8. The summed E-state index contributed by atoms with van der Waals surface area (Å²) in [5.74, 6) is 0. The van der Waals surface area contributed by atoms with Gasteiger partial charge in [0, 0.05) is 0 Å². The first-order valence-electron chi connectivity index (χ1n) is 5.28. The van der Waals surface area contributed by atoms with Crippen molar-refractivity contribution >= 4 is 0 Å². The summed E-state index contributed by atoms with van der Waals surface area (Å²) in [7, 11) is 0. The van der Waals surface area contributed by atoms with Gasteiger partial charge in [0.15, 0.2) is 0 Å². The summed E-state index contributed by atoms with van der Waals surface area (Å²) in [6.07, 6.45) is 26.0. The van der Waals surface area contributed by atoms with E-state index in [0.29, 0.717) is 0 Å². The van der Waals surface area contributed by atoms with E-state index >= 15 is 0 Å². The van der Waals surface area contributed by atoms with Gasteiger partial charge in [-0.3, -0.25) is 0 Å². The lowest BCUT2D eigenvalue weighted by atomic mass is 10.2. The van der Waals surface area contributed by atoms with Crippen LogP contribution in [0.25, 0.3) is 0 Å². The van der Waals surface area contributed by atoms with Crippen LogP contribution in [-0.2, 0) is 0 Å². The van der Waals surface area contributed by atoms with Crippen molar-refractivity contribution in [3.8, 4) is 0 Å². The van der Waals surface area contributed by atoms with Gasteiger partial charge in [-0.05, 0) is 25.7 Å². The van der Waals surface area contributed by atoms with Gasteiger partial charge in [-0.15, -0.1) is 0 Å². The summed E-state index contributed by atoms with van der Waals surface area (Å²) in [5.41, 5.74) is 0. The second-order valence-electron chi connectivity index (χ2n) is 3.23. The Morgan fingerprint density at radius 2 is 0.929 bits per heavy atom.